The van der Waals surface area contributed by atoms with Crippen LogP contribution in [0.4, 0.5) is 5.69 Å². The highest BCUT2D eigenvalue weighted by molar-refractivity contribution is 7.91. The van der Waals surface area contributed by atoms with Crippen molar-refractivity contribution in [3.8, 4) is 5.75 Å². The van der Waals surface area contributed by atoms with Crippen molar-refractivity contribution in [1.29, 1.82) is 0 Å². The number of aliphatic hydroxyl groups excluding tert-OH is 2. The summed E-state index contributed by atoms with van der Waals surface area (Å²) >= 11 is 0. The van der Waals surface area contributed by atoms with E-state index in [1.165, 1.54) is 0 Å². The van der Waals surface area contributed by atoms with Crippen LogP contribution in [0.2, 0.25) is 0 Å². The van der Waals surface area contributed by atoms with Crippen molar-refractivity contribution in [2.75, 3.05) is 10.9 Å². The highest BCUT2D eigenvalue weighted by atomic mass is 32.2. The topological polar surface area (TPSA) is 99.1 Å². The molecule has 32 heavy (non-hydrogen) atoms. The molecular formula is C24H24N2O5S. The third-order valence-corrected chi connectivity index (χ3v) is 6.41. The first-order valence-corrected chi connectivity index (χ1v) is 11.6. The third-order valence-electron chi connectivity index (χ3n) is 5.12. The Kier molecular flexibility index (Phi) is 6.34. The van der Waals surface area contributed by atoms with Gasteiger partial charge in [-0.05, 0) is 47.2 Å². The molecule has 1 heterocycles. The van der Waals surface area contributed by atoms with Crippen molar-refractivity contribution in [3.05, 3.63) is 107 Å². The summed E-state index contributed by atoms with van der Waals surface area (Å²) in [5.41, 5.74) is 4.31. The quantitative estimate of drug-likeness (QED) is 0.487. The number of benzene rings is 3. The molecule has 0 bridgehead atoms. The minimum absolute atomic E-state index is 0.0665. The highest BCUT2D eigenvalue weighted by Crippen LogP contribution is 2.35. The SMILES string of the molecule is O=S1(=O)NC(O)=CN1c1ccc(Cc2ccccc2CCO)cc1OCc1ccccc1. The second-order valence-corrected chi connectivity index (χ2v) is 8.96. The number of hydrogen-bond donors (Lipinski definition) is 3. The lowest BCUT2D eigenvalue weighted by Crippen LogP contribution is -2.30. The normalized spacial score (nSPS) is 14.7. The minimum Gasteiger partial charge on any atom is -0.493 e. The monoisotopic (exact) mass is 452 g/mol. The maximum atomic E-state index is 12.4. The van der Waals surface area contributed by atoms with Crippen LogP contribution in [0.15, 0.2) is 84.9 Å². The number of hydrogen-bond acceptors (Lipinski definition) is 5. The summed E-state index contributed by atoms with van der Waals surface area (Å²) in [4.78, 5) is 0. The van der Waals surface area contributed by atoms with Gasteiger partial charge in [-0.2, -0.15) is 8.42 Å². The van der Waals surface area contributed by atoms with Crippen LogP contribution in [0.5, 0.6) is 5.75 Å². The first kappa shape index (κ1) is 21.7. The number of aliphatic hydroxyl groups is 2. The van der Waals surface area contributed by atoms with Crippen molar-refractivity contribution in [1.82, 2.24) is 4.72 Å². The Labute approximate surface area is 187 Å². The van der Waals surface area contributed by atoms with Gasteiger partial charge >= 0.3 is 10.2 Å². The van der Waals surface area contributed by atoms with Crippen LogP contribution in [-0.2, 0) is 29.7 Å². The first-order valence-electron chi connectivity index (χ1n) is 10.2. The lowest BCUT2D eigenvalue weighted by molar-refractivity contribution is 0.299. The molecule has 0 amide bonds. The summed E-state index contributed by atoms with van der Waals surface area (Å²) in [6, 6.07) is 22.8. The van der Waals surface area contributed by atoms with E-state index in [4.69, 9.17) is 4.74 Å². The molecule has 3 aromatic carbocycles. The van der Waals surface area contributed by atoms with Gasteiger partial charge in [-0.3, -0.25) is 0 Å². The van der Waals surface area contributed by atoms with E-state index >= 15 is 0 Å². The van der Waals surface area contributed by atoms with Gasteiger partial charge < -0.3 is 14.9 Å². The molecule has 0 saturated carbocycles. The van der Waals surface area contributed by atoms with E-state index in [0.717, 1.165) is 32.8 Å². The summed E-state index contributed by atoms with van der Waals surface area (Å²) in [7, 11) is -3.95. The van der Waals surface area contributed by atoms with Crippen molar-refractivity contribution >= 4 is 15.9 Å². The summed E-state index contributed by atoms with van der Waals surface area (Å²) in [5, 5.41) is 19.0. The Bertz CT molecular complexity index is 1230. The fraction of sp³-hybridized carbons (Fsp3) is 0.167. The standard InChI is InChI=1S/C24H24N2O5S/c27-13-12-20-8-4-5-9-21(20)14-19-10-11-22(26-16-24(28)25-32(26,29)30)23(15-19)31-17-18-6-2-1-3-7-18/h1-11,15-16,25,27-28H,12-14,17H2. The molecule has 0 radical (unpaired) electrons. The fourth-order valence-corrected chi connectivity index (χ4v) is 4.67. The number of nitrogens with zero attached hydrogens (tertiary/aromatic N) is 1. The van der Waals surface area contributed by atoms with E-state index in [9.17, 15) is 18.6 Å². The van der Waals surface area contributed by atoms with Crippen LogP contribution in [0.1, 0.15) is 22.3 Å². The van der Waals surface area contributed by atoms with Gasteiger partial charge in [0.05, 0.1) is 6.20 Å². The molecule has 3 aromatic rings. The Morgan fingerprint density at radius 1 is 0.906 bits per heavy atom. The molecular weight excluding hydrogens is 428 g/mol. The molecule has 1 aliphatic heterocycles. The molecule has 0 atom stereocenters. The molecule has 0 spiro atoms. The zero-order valence-corrected chi connectivity index (χ0v) is 18.1. The molecule has 1 aliphatic rings. The van der Waals surface area contributed by atoms with Gasteiger partial charge in [0.2, 0.25) is 5.88 Å². The van der Waals surface area contributed by atoms with E-state index in [1.54, 1.807) is 6.07 Å². The largest absolute Gasteiger partial charge is 0.493 e. The predicted octanol–water partition coefficient (Wildman–Crippen LogP) is 3.40. The Morgan fingerprint density at radius 2 is 1.62 bits per heavy atom. The number of ether oxygens (including phenoxy) is 1. The van der Waals surface area contributed by atoms with Crippen molar-refractivity contribution in [2.24, 2.45) is 0 Å². The molecule has 7 nitrogen and oxygen atoms in total. The molecule has 0 saturated heterocycles. The average Bonchev–Trinajstić information content (AvgIpc) is 3.06. The van der Waals surface area contributed by atoms with Gasteiger partial charge in [-0.15, -0.1) is 0 Å². The average molecular weight is 453 g/mol. The van der Waals surface area contributed by atoms with Crippen LogP contribution in [-0.4, -0.2) is 25.2 Å². The van der Waals surface area contributed by atoms with Gasteiger partial charge in [0, 0.05) is 6.61 Å². The Morgan fingerprint density at radius 3 is 2.31 bits per heavy atom. The second kappa shape index (κ2) is 9.33. The second-order valence-electron chi connectivity index (χ2n) is 7.41. The molecule has 4 rings (SSSR count). The van der Waals surface area contributed by atoms with Gasteiger partial charge in [-0.1, -0.05) is 60.7 Å². The zero-order valence-electron chi connectivity index (χ0n) is 17.3. The summed E-state index contributed by atoms with van der Waals surface area (Å²) in [6.45, 7) is 0.326. The maximum Gasteiger partial charge on any atom is 0.330 e. The van der Waals surface area contributed by atoms with Crippen LogP contribution < -0.4 is 13.8 Å². The fourth-order valence-electron chi connectivity index (χ4n) is 3.60. The third kappa shape index (κ3) is 4.87. The van der Waals surface area contributed by atoms with E-state index in [0.29, 0.717) is 24.3 Å². The van der Waals surface area contributed by atoms with Gasteiger partial charge in [-0.25, -0.2) is 9.03 Å². The lowest BCUT2D eigenvalue weighted by Gasteiger charge is -2.20. The van der Waals surface area contributed by atoms with Crippen molar-refractivity contribution < 1.29 is 23.4 Å². The van der Waals surface area contributed by atoms with Crippen LogP contribution in [0.25, 0.3) is 0 Å². The minimum atomic E-state index is -3.95. The first-order chi connectivity index (χ1) is 15.5. The van der Waals surface area contributed by atoms with E-state index < -0.39 is 16.1 Å². The summed E-state index contributed by atoms with van der Waals surface area (Å²) in [5.74, 6) is -0.0802. The van der Waals surface area contributed by atoms with Crippen LogP contribution in [0.3, 0.4) is 0 Å². The van der Waals surface area contributed by atoms with Gasteiger partial charge in [0.25, 0.3) is 0 Å². The number of nitrogens with one attached hydrogen (secondary N) is 1. The summed E-state index contributed by atoms with van der Waals surface area (Å²) < 4.78 is 33.9. The van der Waals surface area contributed by atoms with Crippen molar-refractivity contribution in [2.45, 2.75) is 19.4 Å². The van der Waals surface area contributed by atoms with E-state index in [-0.39, 0.29) is 13.2 Å². The zero-order chi connectivity index (χ0) is 22.6. The molecule has 0 fully saturated rings. The van der Waals surface area contributed by atoms with Crippen molar-refractivity contribution in [3.63, 3.8) is 0 Å². The number of rotatable bonds is 8. The smallest absolute Gasteiger partial charge is 0.330 e. The van der Waals surface area contributed by atoms with E-state index in [1.807, 2.05) is 66.7 Å². The summed E-state index contributed by atoms with van der Waals surface area (Å²) in [6.07, 6.45) is 2.27. The molecule has 3 N–H and O–H groups in total. The molecule has 0 unspecified atom stereocenters. The Balaban J connectivity index is 1.68. The molecule has 0 aliphatic carbocycles. The van der Waals surface area contributed by atoms with E-state index in [2.05, 4.69) is 4.72 Å². The molecule has 166 valence electrons. The van der Waals surface area contributed by atoms with Crippen LogP contribution >= 0.6 is 0 Å². The van der Waals surface area contributed by atoms with Gasteiger partial charge in [0.15, 0.2) is 0 Å². The molecule has 0 aromatic heterocycles. The molecule has 8 heteroatoms. The Hall–Kier alpha value is -3.49. The van der Waals surface area contributed by atoms with Crippen LogP contribution in [0, 0.1) is 0 Å². The number of anilines is 1. The maximum absolute atomic E-state index is 12.4. The lowest BCUT2D eigenvalue weighted by atomic mass is 9.98. The highest BCUT2D eigenvalue weighted by Gasteiger charge is 2.31. The predicted molar refractivity (Wildman–Crippen MR) is 123 cm³/mol. The van der Waals surface area contributed by atoms with Gasteiger partial charge in [0.1, 0.15) is 18.0 Å².